The monoisotopic (exact) mass is 287 g/mol. The molecule has 0 unspecified atom stereocenters. The van der Waals surface area contributed by atoms with E-state index in [0.717, 1.165) is 5.76 Å². The third-order valence-corrected chi connectivity index (χ3v) is 3.29. The number of thiazole rings is 1. The van der Waals surface area contributed by atoms with Crippen molar-refractivity contribution < 1.29 is 14.3 Å². The number of halogens is 1. The topological polar surface area (TPSA) is 63.3 Å². The minimum atomic E-state index is -1.05. The Morgan fingerprint density at radius 1 is 1.60 bits per heavy atom. The van der Waals surface area contributed by atoms with Crippen molar-refractivity contribution >= 4 is 33.2 Å². The van der Waals surface area contributed by atoms with Gasteiger partial charge in [-0.25, -0.2) is 9.78 Å². The first-order valence-corrected chi connectivity index (χ1v) is 5.65. The second-order valence-corrected chi connectivity index (χ2v) is 5.14. The quantitative estimate of drug-likeness (QED) is 0.921. The fraction of sp³-hybridized carbons (Fsp3) is 0.111. The number of carbonyl (C=O) groups is 1. The molecule has 0 saturated carbocycles. The predicted octanol–water partition coefficient (Wildman–Crippen LogP) is 3.17. The molecule has 0 spiro atoms. The van der Waals surface area contributed by atoms with Crippen molar-refractivity contribution in [1.82, 2.24) is 4.98 Å². The predicted molar refractivity (Wildman–Crippen MR) is 59.2 cm³/mol. The minimum absolute atomic E-state index is 0.0150. The summed E-state index contributed by atoms with van der Waals surface area (Å²) < 4.78 is 5.89. The Kier molecular flexibility index (Phi) is 2.62. The third kappa shape index (κ3) is 1.95. The summed E-state index contributed by atoms with van der Waals surface area (Å²) in [5, 5.41) is 8.93. The zero-order chi connectivity index (χ0) is 11.0. The van der Waals surface area contributed by atoms with Crippen LogP contribution in [0.5, 0.6) is 0 Å². The Labute approximate surface area is 97.7 Å². The van der Waals surface area contributed by atoms with E-state index >= 15 is 0 Å². The lowest BCUT2D eigenvalue weighted by Crippen LogP contribution is -1.97. The molecular formula is C9H6BrNO3S. The molecule has 6 heteroatoms. The maximum Gasteiger partial charge on any atom is 0.356 e. The van der Waals surface area contributed by atoms with Crippen molar-refractivity contribution in [2.24, 2.45) is 0 Å². The summed E-state index contributed by atoms with van der Waals surface area (Å²) in [6.45, 7) is 1.81. The van der Waals surface area contributed by atoms with E-state index in [0.29, 0.717) is 14.6 Å². The van der Waals surface area contributed by atoms with Crippen LogP contribution in [0, 0.1) is 6.92 Å². The molecule has 0 bridgehead atoms. The molecule has 0 aliphatic heterocycles. The number of nitrogens with zero attached hydrogens (tertiary/aromatic N) is 1. The first-order valence-electron chi connectivity index (χ1n) is 4.04. The Balaban J connectivity index is 2.56. The zero-order valence-electron chi connectivity index (χ0n) is 7.65. The van der Waals surface area contributed by atoms with Gasteiger partial charge in [-0.2, -0.15) is 0 Å². The second kappa shape index (κ2) is 3.79. The lowest BCUT2D eigenvalue weighted by molar-refractivity contribution is 0.0692. The zero-order valence-corrected chi connectivity index (χ0v) is 10.1. The molecule has 0 aromatic carbocycles. The summed E-state index contributed by atoms with van der Waals surface area (Å²) in [5.74, 6) is 0.222. The fourth-order valence-electron chi connectivity index (χ4n) is 1.16. The van der Waals surface area contributed by atoms with Crippen molar-refractivity contribution in [2.75, 3.05) is 0 Å². The third-order valence-electron chi connectivity index (χ3n) is 1.77. The Morgan fingerprint density at radius 2 is 2.33 bits per heavy atom. The van der Waals surface area contributed by atoms with Gasteiger partial charge in [-0.3, -0.25) is 0 Å². The van der Waals surface area contributed by atoms with Crippen molar-refractivity contribution in [3.63, 3.8) is 0 Å². The second-order valence-electron chi connectivity index (χ2n) is 2.86. The first-order chi connectivity index (χ1) is 7.08. The van der Waals surface area contributed by atoms with E-state index < -0.39 is 5.97 Å². The summed E-state index contributed by atoms with van der Waals surface area (Å²) in [6, 6.07) is 3.52. The fourth-order valence-corrected chi connectivity index (χ4v) is 2.57. The van der Waals surface area contributed by atoms with Crippen molar-refractivity contribution in [2.45, 2.75) is 6.92 Å². The summed E-state index contributed by atoms with van der Waals surface area (Å²) in [7, 11) is 0. The van der Waals surface area contributed by atoms with Crippen LogP contribution >= 0.6 is 27.3 Å². The molecule has 2 heterocycles. The van der Waals surface area contributed by atoms with Crippen LogP contribution in [-0.2, 0) is 0 Å². The molecule has 0 aliphatic rings. The van der Waals surface area contributed by atoms with Crippen molar-refractivity contribution in [3.05, 3.63) is 27.5 Å². The van der Waals surface area contributed by atoms with Gasteiger partial charge in [0, 0.05) is 0 Å². The highest BCUT2D eigenvalue weighted by Crippen LogP contribution is 2.33. The van der Waals surface area contributed by atoms with Crippen molar-refractivity contribution in [3.8, 4) is 10.6 Å². The van der Waals surface area contributed by atoms with Gasteiger partial charge in [-0.05, 0) is 35.0 Å². The molecule has 0 aliphatic carbocycles. The van der Waals surface area contributed by atoms with E-state index in [1.807, 2.05) is 0 Å². The van der Waals surface area contributed by atoms with E-state index in [2.05, 4.69) is 20.9 Å². The van der Waals surface area contributed by atoms with Gasteiger partial charge in [0.2, 0.25) is 0 Å². The molecule has 2 aromatic rings. The van der Waals surface area contributed by atoms with Gasteiger partial charge < -0.3 is 9.52 Å². The molecule has 0 saturated heterocycles. The molecule has 4 nitrogen and oxygen atoms in total. The Hall–Kier alpha value is -1.14. The minimum Gasteiger partial charge on any atom is -0.476 e. The lowest BCUT2D eigenvalue weighted by atomic mass is 10.3. The van der Waals surface area contributed by atoms with E-state index in [1.54, 1.807) is 19.1 Å². The summed E-state index contributed by atoms with van der Waals surface area (Å²) in [4.78, 5) is 15.3. The number of aromatic nitrogens is 1. The molecule has 0 amide bonds. The largest absolute Gasteiger partial charge is 0.476 e. The molecule has 1 N–H and O–H groups in total. The SMILES string of the molecule is Cc1ccc(-c2sc(Br)nc2C(=O)O)o1. The van der Waals surface area contributed by atoms with E-state index in [-0.39, 0.29) is 5.69 Å². The molecule has 0 radical (unpaired) electrons. The summed E-state index contributed by atoms with van der Waals surface area (Å²) in [6.07, 6.45) is 0. The lowest BCUT2D eigenvalue weighted by Gasteiger charge is -1.92. The maximum absolute atomic E-state index is 10.9. The van der Waals surface area contributed by atoms with E-state index in [4.69, 9.17) is 9.52 Å². The first kappa shape index (κ1) is 10.4. The van der Waals surface area contributed by atoms with Gasteiger partial charge in [0.1, 0.15) is 16.4 Å². The smallest absolute Gasteiger partial charge is 0.356 e. The normalized spacial score (nSPS) is 10.5. The highest BCUT2D eigenvalue weighted by Gasteiger charge is 2.19. The molecule has 15 heavy (non-hydrogen) atoms. The number of hydrogen-bond donors (Lipinski definition) is 1. The molecule has 0 fully saturated rings. The number of rotatable bonds is 2. The maximum atomic E-state index is 10.9. The standard InChI is InChI=1S/C9H6BrNO3S/c1-4-2-3-5(14-4)7-6(8(12)13)11-9(10)15-7/h2-3H,1H3,(H,12,13). The van der Waals surface area contributed by atoms with Crippen LogP contribution in [0.15, 0.2) is 20.5 Å². The highest BCUT2D eigenvalue weighted by molar-refractivity contribution is 9.11. The van der Waals surface area contributed by atoms with Crippen LogP contribution in [0.4, 0.5) is 0 Å². The van der Waals surface area contributed by atoms with Gasteiger partial charge in [-0.15, -0.1) is 11.3 Å². The van der Waals surface area contributed by atoms with Gasteiger partial charge in [0.05, 0.1) is 0 Å². The van der Waals surface area contributed by atoms with Crippen LogP contribution < -0.4 is 0 Å². The number of hydrogen-bond acceptors (Lipinski definition) is 4. The van der Waals surface area contributed by atoms with Crippen LogP contribution in [0.25, 0.3) is 10.6 Å². The van der Waals surface area contributed by atoms with Gasteiger partial charge in [0.25, 0.3) is 0 Å². The summed E-state index contributed by atoms with van der Waals surface area (Å²) >= 11 is 4.40. The highest BCUT2D eigenvalue weighted by atomic mass is 79.9. The number of carboxylic acids is 1. The molecule has 2 aromatic heterocycles. The number of aromatic carboxylic acids is 1. The van der Waals surface area contributed by atoms with Gasteiger partial charge >= 0.3 is 5.97 Å². The Morgan fingerprint density at radius 3 is 2.87 bits per heavy atom. The number of furan rings is 1. The van der Waals surface area contributed by atoms with Gasteiger partial charge in [-0.1, -0.05) is 0 Å². The molecule has 2 rings (SSSR count). The van der Waals surface area contributed by atoms with Crippen LogP contribution in [-0.4, -0.2) is 16.1 Å². The Bertz CT molecular complexity index is 517. The van der Waals surface area contributed by atoms with Crippen LogP contribution in [0.3, 0.4) is 0 Å². The number of aryl methyl sites for hydroxylation is 1. The van der Waals surface area contributed by atoms with E-state index in [1.165, 1.54) is 11.3 Å². The average molecular weight is 288 g/mol. The van der Waals surface area contributed by atoms with Crippen LogP contribution in [0.1, 0.15) is 16.2 Å². The van der Waals surface area contributed by atoms with Crippen molar-refractivity contribution in [1.29, 1.82) is 0 Å². The van der Waals surface area contributed by atoms with Gasteiger partial charge in [0.15, 0.2) is 9.61 Å². The average Bonchev–Trinajstić information content (AvgIpc) is 2.71. The van der Waals surface area contributed by atoms with E-state index in [9.17, 15) is 4.79 Å². The molecule has 0 atom stereocenters. The van der Waals surface area contributed by atoms with Crippen LogP contribution in [0.2, 0.25) is 0 Å². The number of carboxylic acid groups (broad SMARTS) is 1. The summed E-state index contributed by atoms with van der Waals surface area (Å²) in [5.41, 5.74) is 0.0150. The molecule has 78 valence electrons. The molecular weight excluding hydrogens is 282 g/mol.